The van der Waals surface area contributed by atoms with E-state index in [1.54, 1.807) is 0 Å². The topological polar surface area (TPSA) is 52.6 Å². The van der Waals surface area contributed by atoms with Crippen LogP contribution in [0.2, 0.25) is 0 Å². The lowest BCUT2D eigenvalue weighted by Gasteiger charge is -2.23. The van der Waals surface area contributed by atoms with E-state index in [4.69, 9.17) is 0 Å². The summed E-state index contributed by atoms with van der Waals surface area (Å²) >= 11 is 0. The minimum Gasteiger partial charge on any atom is -0.387 e. The highest BCUT2D eigenvalue weighted by molar-refractivity contribution is 5.72. The van der Waals surface area contributed by atoms with Crippen molar-refractivity contribution >= 4 is 5.91 Å². The second-order valence-corrected chi connectivity index (χ2v) is 5.08. The summed E-state index contributed by atoms with van der Waals surface area (Å²) < 4.78 is 0. The van der Waals surface area contributed by atoms with Gasteiger partial charge in [0.2, 0.25) is 5.91 Å². The first-order chi connectivity index (χ1) is 8.57. The first kappa shape index (κ1) is 13.1. The lowest BCUT2D eigenvalue weighted by atomic mass is 10.0. The van der Waals surface area contributed by atoms with Gasteiger partial charge < -0.3 is 10.4 Å². The number of carbonyl (C=O) groups excluding carboxylic acids is 1. The maximum atomic E-state index is 10.9. The lowest BCUT2D eigenvalue weighted by Crippen LogP contribution is -2.44. The number of nitrogens with one attached hydrogen (secondary N) is 1. The summed E-state index contributed by atoms with van der Waals surface area (Å²) in [6.07, 6.45) is 0.708. The van der Waals surface area contributed by atoms with Gasteiger partial charge in [-0.25, -0.2) is 0 Å². The second kappa shape index (κ2) is 5.50. The zero-order chi connectivity index (χ0) is 13.0. The Bertz CT molecular complexity index is 408. The van der Waals surface area contributed by atoms with E-state index in [9.17, 15) is 9.90 Å². The molecular weight excluding hydrogens is 228 g/mol. The molecule has 1 fully saturated rings. The molecule has 2 N–H and O–H groups in total. The Hall–Kier alpha value is -1.39. The molecule has 1 aliphatic heterocycles. The number of hydrogen-bond acceptors (Lipinski definition) is 3. The van der Waals surface area contributed by atoms with Crippen LogP contribution in [0.1, 0.15) is 18.9 Å². The smallest absolute Gasteiger partial charge is 0.216 e. The Morgan fingerprint density at radius 1 is 1.44 bits per heavy atom. The maximum Gasteiger partial charge on any atom is 0.216 e. The maximum absolute atomic E-state index is 10.9. The van der Waals surface area contributed by atoms with Crippen LogP contribution in [0, 0.1) is 0 Å². The van der Waals surface area contributed by atoms with E-state index in [-0.39, 0.29) is 5.91 Å². The van der Waals surface area contributed by atoms with Crippen LogP contribution in [0.15, 0.2) is 30.3 Å². The van der Waals surface area contributed by atoms with Crippen LogP contribution in [0.4, 0.5) is 0 Å². The van der Waals surface area contributed by atoms with Crippen molar-refractivity contribution in [2.45, 2.75) is 25.5 Å². The van der Waals surface area contributed by atoms with Gasteiger partial charge in [0.25, 0.3) is 0 Å². The number of carbonyl (C=O) groups is 1. The molecule has 1 unspecified atom stereocenters. The van der Waals surface area contributed by atoms with Crippen molar-refractivity contribution in [3.8, 4) is 0 Å². The van der Waals surface area contributed by atoms with Gasteiger partial charge in [-0.3, -0.25) is 9.69 Å². The van der Waals surface area contributed by atoms with Crippen molar-refractivity contribution in [3.63, 3.8) is 0 Å². The predicted molar refractivity (Wildman–Crippen MR) is 70.0 cm³/mol. The molecule has 0 aromatic heterocycles. The van der Waals surface area contributed by atoms with Crippen molar-refractivity contribution in [1.29, 1.82) is 0 Å². The summed E-state index contributed by atoms with van der Waals surface area (Å²) in [6.45, 7) is 4.14. The third-order valence-electron chi connectivity index (χ3n) is 3.33. The molecule has 0 aliphatic carbocycles. The van der Waals surface area contributed by atoms with Crippen LogP contribution in [0.5, 0.6) is 0 Å². The van der Waals surface area contributed by atoms with E-state index < -0.39 is 5.60 Å². The SMILES string of the molecule is CC(=O)NCC1(O)CCN(Cc2ccccc2)C1. The van der Waals surface area contributed by atoms with Gasteiger partial charge in [0, 0.05) is 33.1 Å². The molecule has 1 heterocycles. The average molecular weight is 248 g/mol. The van der Waals surface area contributed by atoms with Crippen LogP contribution in [-0.4, -0.2) is 41.1 Å². The summed E-state index contributed by atoms with van der Waals surface area (Å²) in [4.78, 5) is 13.1. The monoisotopic (exact) mass is 248 g/mol. The first-order valence-electron chi connectivity index (χ1n) is 6.30. The van der Waals surface area contributed by atoms with Gasteiger partial charge in [-0.1, -0.05) is 30.3 Å². The zero-order valence-corrected chi connectivity index (χ0v) is 10.7. The third kappa shape index (κ3) is 3.55. The van der Waals surface area contributed by atoms with Gasteiger partial charge in [-0.15, -0.1) is 0 Å². The summed E-state index contributed by atoms with van der Waals surface area (Å²) in [5.74, 6) is -0.0927. The van der Waals surface area contributed by atoms with Gasteiger partial charge in [0.15, 0.2) is 0 Å². The summed E-state index contributed by atoms with van der Waals surface area (Å²) in [7, 11) is 0. The molecule has 0 bridgehead atoms. The van der Waals surface area contributed by atoms with Gasteiger partial charge in [-0.2, -0.15) is 0 Å². The highest BCUT2D eigenvalue weighted by atomic mass is 16.3. The predicted octanol–water partition coefficient (Wildman–Crippen LogP) is 0.759. The van der Waals surface area contributed by atoms with Crippen molar-refractivity contribution in [2.75, 3.05) is 19.6 Å². The molecule has 98 valence electrons. The Balaban J connectivity index is 1.86. The van der Waals surface area contributed by atoms with E-state index in [0.29, 0.717) is 19.5 Å². The quantitative estimate of drug-likeness (QED) is 0.827. The molecule has 0 saturated carbocycles. The van der Waals surface area contributed by atoms with Gasteiger partial charge in [0.1, 0.15) is 0 Å². The van der Waals surface area contributed by atoms with Gasteiger partial charge in [0.05, 0.1) is 5.60 Å². The second-order valence-electron chi connectivity index (χ2n) is 5.08. The molecule has 1 saturated heterocycles. The number of hydrogen-bond donors (Lipinski definition) is 2. The standard InChI is InChI=1S/C14H20N2O2/c1-12(17)15-10-14(18)7-8-16(11-14)9-13-5-3-2-4-6-13/h2-6,18H,7-11H2,1H3,(H,15,17). The minimum absolute atomic E-state index is 0.0927. The summed E-state index contributed by atoms with van der Waals surface area (Å²) in [6, 6.07) is 10.2. The van der Waals surface area contributed by atoms with Crippen LogP contribution < -0.4 is 5.32 Å². The van der Waals surface area contributed by atoms with Gasteiger partial charge >= 0.3 is 0 Å². The fourth-order valence-electron chi connectivity index (χ4n) is 2.35. The number of likely N-dealkylation sites (tertiary alicyclic amines) is 1. The fourth-order valence-corrected chi connectivity index (χ4v) is 2.35. The molecule has 0 spiro atoms. The fraction of sp³-hybridized carbons (Fsp3) is 0.500. The largest absolute Gasteiger partial charge is 0.387 e. The number of rotatable bonds is 4. The van der Waals surface area contributed by atoms with E-state index in [0.717, 1.165) is 13.1 Å². The first-order valence-corrected chi connectivity index (χ1v) is 6.30. The van der Waals surface area contributed by atoms with E-state index in [2.05, 4.69) is 22.3 Å². The molecule has 2 rings (SSSR count). The van der Waals surface area contributed by atoms with E-state index >= 15 is 0 Å². The number of benzene rings is 1. The highest BCUT2D eigenvalue weighted by Gasteiger charge is 2.35. The minimum atomic E-state index is -0.777. The Morgan fingerprint density at radius 3 is 2.83 bits per heavy atom. The molecule has 1 amide bonds. The average Bonchev–Trinajstić information content (AvgIpc) is 2.71. The van der Waals surface area contributed by atoms with E-state index in [1.165, 1.54) is 12.5 Å². The van der Waals surface area contributed by atoms with Crippen LogP contribution in [-0.2, 0) is 11.3 Å². The number of β-amino-alcohol motifs (C(OH)–C–C–N with tert-alkyl or cyclic N) is 1. The van der Waals surface area contributed by atoms with Crippen molar-refractivity contribution < 1.29 is 9.90 Å². The molecule has 4 heteroatoms. The summed E-state index contributed by atoms with van der Waals surface area (Å²) in [5.41, 5.74) is 0.474. The normalized spacial score (nSPS) is 24.1. The zero-order valence-electron chi connectivity index (χ0n) is 10.7. The Morgan fingerprint density at radius 2 is 2.17 bits per heavy atom. The molecule has 1 aromatic rings. The van der Waals surface area contributed by atoms with Crippen molar-refractivity contribution in [1.82, 2.24) is 10.2 Å². The van der Waals surface area contributed by atoms with Crippen molar-refractivity contribution in [2.24, 2.45) is 0 Å². The van der Waals surface area contributed by atoms with Crippen molar-refractivity contribution in [3.05, 3.63) is 35.9 Å². The number of nitrogens with zero attached hydrogens (tertiary/aromatic N) is 1. The molecule has 1 aliphatic rings. The summed E-state index contributed by atoms with van der Waals surface area (Å²) in [5, 5.41) is 13.0. The van der Waals surface area contributed by atoms with Crippen LogP contribution in [0.3, 0.4) is 0 Å². The van der Waals surface area contributed by atoms with Crippen LogP contribution in [0.25, 0.3) is 0 Å². The Labute approximate surface area is 108 Å². The Kier molecular flexibility index (Phi) is 3.99. The van der Waals surface area contributed by atoms with Gasteiger partial charge in [-0.05, 0) is 12.0 Å². The van der Waals surface area contributed by atoms with Crippen LogP contribution >= 0.6 is 0 Å². The lowest BCUT2D eigenvalue weighted by molar-refractivity contribution is -0.120. The molecular formula is C14H20N2O2. The number of amides is 1. The molecule has 4 nitrogen and oxygen atoms in total. The number of aliphatic hydroxyl groups is 1. The highest BCUT2D eigenvalue weighted by Crippen LogP contribution is 2.22. The molecule has 18 heavy (non-hydrogen) atoms. The molecule has 1 atom stereocenters. The molecule has 1 aromatic carbocycles. The van der Waals surface area contributed by atoms with E-state index in [1.807, 2.05) is 18.2 Å². The molecule has 0 radical (unpaired) electrons. The third-order valence-corrected chi connectivity index (χ3v) is 3.33.